The molecule has 7 heteroatoms. The lowest BCUT2D eigenvalue weighted by atomic mass is 10.0. The minimum absolute atomic E-state index is 0.0239. The molecule has 1 N–H and O–H groups in total. The Kier molecular flexibility index (Phi) is 6.05. The predicted octanol–water partition coefficient (Wildman–Crippen LogP) is 4.13. The lowest BCUT2D eigenvalue weighted by molar-refractivity contribution is 0.0596. The van der Waals surface area contributed by atoms with Gasteiger partial charge in [0.05, 0.1) is 7.11 Å². The van der Waals surface area contributed by atoms with Gasteiger partial charge in [-0.2, -0.15) is 0 Å². The molecule has 0 atom stereocenters. The molecule has 0 radical (unpaired) electrons. The molecule has 0 unspecified atom stereocenters. The summed E-state index contributed by atoms with van der Waals surface area (Å²) in [6.45, 7) is -0.849. The molecule has 2 aromatic rings. The molecule has 0 saturated heterocycles. The van der Waals surface area contributed by atoms with Gasteiger partial charge in [0.15, 0.2) is 0 Å². The van der Waals surface area contributed by atoms with Gasteiger partial charge in [-0.3, -0.25) is 0 Å². The van der Waals surface area contributed by atoms with Crippen molar-refractivity contribution in [2.75, 3.05) is 13.7 Å². The maximum atomic E-state index is 12.9. The lowest BCUT2D eigenvalue weighted by Gasteiger charge is -2.11. The summed E-state index contributed by atoms with van der Waals surface area (Å²) in [6, 6.07) is 7.95. The number of methoxy groups -OCH3 is 1. The molecule has 4 nitrogen and oxygen atoms in total. The molecule has 0 aliphatic heterocycles. The molecule has 2 aromatic carbocycles. The number of carbonyl (C=O) groups is 1. The van der Waals surface area contributed by atoms with E-state index in [0.29, 0.717) is 5.56 Å². The Balaban J connectivity index is 2.40. The van der Waals surface area contributed by atoms with Crippen LogP contribution in [0.5, 0.6) is 11.5 Å². The highest BCUT2D eigenvalue weighted by Gasteiger charge is 2.18. The van der Waals surface area contributed by atoms with Crippen molar-refractivity contribution in [2.24, 2.45) is 0 Å². The van der Waals surface area contributed by atoms with Gasteiger partial charge in [0.1, 0.15) is 29.5 Å². The van der Waals surface area contributed by atoms with E-state index < -0.39 is 30.6 Å². The number of hydrogen-bond acceptors (Lipinski definition) is 4. The molecule has 132 valence electrons. The molecule has 0 aliphatic rings. The molecule has 0 heterocycles. The zero-order valence-electron chi connectivity index (χ0n) is 13.2. The number of ether oxygens (including phenoxy) is 2. The highest BCUT2D eigenvalue weighted by molar-refractivity contribution is 5.98. The summed E-state index contributed by atoms with van der Waals surface area (Å²) in [5, 5.41) is 10.0. The third-order valence-corrected chi connectivity index (χ3v) is 3.21. The Labute approximate surface area is 142 Å². The lowest BCUT2D eigenvalue weighted by Crippen LogP contribution is -2.09. The summed E-state index contributed by atoms with van der Waals surface area (Å²) in [5.41, 5.74) is 0.710. The van der Waals surface area contributed by atoms with Gasteiger partial charge in [-0.25, -0.2) is 18.0 Å². The summed E-state index contributed by atoms with van der Waals surface area (Å²) in [6.07, 6.45) is 0.354. The van der Waals surface area contributed by atoms with E-state index in [9.17, 15) is 23.1 Å². The van der Waals surface area contributed by atoms with Crippen LogP contribution in [0.25, 0.3) is 12.2 Å². The van der Waals surface area contributed by atoms with Crippen molar-refractivity contribution >= 4 is 18.1 Å². The maximum absolute atomic E-state index is 12.9. The fourth-order valence-corrected chi connectivity index (χ4v) is 2.08. The normalized spacial score (nSPS) is 11.1. The number of carbonyl (C=O) groups excluding carboxylic acids is 1. The Hall–Kier alpha value is -2.96. The van der Waals surface area contributed by atoms with Crippen LogP contribution in [0.3, 0.4) is 0 Å². The van der Waals surface area contributed by atoms with Gasteiger partial charge in [0, 0.05) is 6.07 Å². The third kappa shape index (κ3) is 5.00. The molecular weight excluding hydrogens is 337 g/mol. The van der Waals surface area contributed by atoms with Crippen LogP contribution in [0.1, 0.15) is 21.5 Å². The SMILES string of the molecule is COC(=O)c1c(O)cc(OCC(F)F)cc1/C=C/c1ccc(F)cc1. The summed E-state index contributed by atoms with van der Waals surface area (Å²) in [7, 11) is 1.15. The number of phenols is 1. The van der Waals surface area contributed by atoms with E-state index in [1.54, 1.807) is 6.08 Å². The van der Waals surface area contributed by atoms with E-state index >= 15 is 0 Å². The third-order valence-electron chi connectivity index (χ3n) is 3.21. The molecule has 0 aliphatic carbocycles. The van der Waals surface area contributed by atoms with Crippen molar-refractivity contribution in [1.82, 2.24) is 0 Å². The van der Waals surface area contributed by atoms with E-state index in [0.717, 1.165) is 13.2 Å². The molecule has 25 heavy (non-hydrogen) atoms. The van der Waals surface area contributed by atoms with Gasteiger partial charge in [0.2, 0.25) is 0 Å². The number of alkyl halides is 2. The second-order valence-corrected chi connectivity index (χ2v) is 4.99. The fourth-order valence-electron chi connectivity index (χ4n) is 2.08. The van der Waals surface area contributed by atoms with E-state index in [2.05, 4.69) is 4.74 Å². The number of halogens is 3. The average Bonchev–Trinajstić information content (AvgIpc) is 2.58. The van der Waals surface area contributed by atoms with Gasteiger partial charge in [-0.05, 0) is 29.3 Å². The van der Waals surface area contributed by atoms with Crippen LogP contribution in [0.4, 0.5) is 13.2 Å². The second kappa shape index (κ2) is 8.23. The van der Waals surface area contributed by atoms with Crippen molar-refractivity contribution in [1.29, 1.82) is 0 Å². The first-order valence-electron chi connectivity index (χ1n) is 7.20. The van der Waals surface area contributed by atoms with E-state index in [1.807, 2.05) is 0 Å². The van der Waals surface area contributed by atoms with Crippen LogP contribution in [-0.4, -0.2) is 31.2 Å². The highest BCUT2D eigenvalue weighted by atomic mass is 19.3. The van der Waals surface area contributed by atoms with Crippen molar-refractivity contribution in [3.05, 3.63) is 58.9 Å². The Morgan fingerprint density at radius 1 is 1.20 bits per heavy atom. The van der Waals surface area contributed by atoms with Gasteiger partial charge < -0.3 is 14.6 Å². The number of esters is 1. The largest absolute Gasteiger partial charge is 0.507 e. The van der Waals surface area contributed by atoms with Crippen LogP contribution >= 0.6 is 0 Å². The van der Waals surface area contributed by atoms with Gasteiger partial charge in [0.25, 0.3) is 6.43 Å². The van der Waals surface area contributed by atoms with Crippen LogP contribution in [-0.2, 0) is 4.74 Å². The fraction of sp³-hybridized carbons (Fsp3) is 0.167. The van der Waals surface area contributed by atoms with Crippen molar-refractivity contribution in [2.45, 2.75) is 6.43 Å². The summed E-state index contributed by atoms with van der Waals surface area (Å²) < 4.78 is 47.0. The molecule has 0 saturated carbocycles. The van der Waals surface area contributed by atoms with Crippen molar-refractivity contribution in [3.8, 4) is 11.5 Å². The van der Waals surface area contributed by atoms with Gasteiger partial charge in [-0.15, -0.1) is 0 Å². The Morgan fingerprint density at radius 2 is 1.88 bits per heavy atom. The Morgan fingerprint density at radius 3 is 2.48 bits per heavy atom. The highest BCUT2D eigenvalue weighted by Crippen LogP contribution is 2.30. The quantitative estimate of drug-likeness (QED) is 0.627. The predicted molar refractivity (Wildman–Crippen MR) is 86.3 cm³/mol. The number of benzene rings is 2. The molecule has 2 rings (SSSR count). The van der Waals surface area contributed by atoms with Crippen LogP contribution in [0, 0.1) is 5.82 Å². The first-order valence-corrected chi connectivity index (χ1v) is 7.20. The molecule has 0 bridgehead atoms. The zero-order chi connectivity index (χ0) is 18.4. The molecule has 0 amide bonds. The maximum Gasteiger partial charge on any atom is 0.342 e. The number of rotatable bonds is 6. The van der Waals surface area contributed by atoms with E-state index in [1.165, 1.54) is 36.4 Å². The van der Waals surface area contributed by atoms with Crippen LogP contribution in [0.15, 0.2) is 36.4 Å². The number of phenolic OH excluding ortho intramolecular Hbond substituents is 1. The summed E-state index contributed by atoms with van der Waals surface area (Å²) in [5.74, 6) is -1.68. The van der Waals surface area contributed by atoms with Gasteiger partial charge >= 0.3 is 5.97 Å². The van der Waals surface area contributed by atoms with Crippen LogP contribution < -0.4 is 4.74 Å². The van der Waals surface area contributed by atoms with E-state index in [4.69, 9.17) is 4.74 Å². The standard InChI is InChI=1S/C18H15F3O4/c1-24-18(23)17-12(5-2-11-3-6-13(19)7-4-11)8-14(9-15(17)22)25-10-16(20)21/h2-9,16,22H,10H2,1H3/b5-2+. The molecule has 0 fully saturated rings. The Bertz CT molecular complexity index is 771. The molecular formula is C18H15F3O4. The smallest absolute Gasteiger partial charge is 0.342 e. The topological polar surface area (TPSA) is 55.8 Å². The van der Waals surface area contributed by atoms with E-state index in [-0.39, 0.29) is 16.9 Å². The van der Waals surface area contributed by atoms with Crippen LogP contribution in [0.2, 0.25) is 0 Å². The average molecular weight is 352 g/mol. The van der Waals surface area contributed by atoms with Crippen molar-refractivity contribution < 1.29 is 32.5 Å². The number of hydrogen-bond donors (Lipinski definition) is 1. The van der Waals surface area contributed by atoms with Crippen molar-refractivity contribution in [3.63, 3.8) is 0 Å². The first-order chi connectivity index (χ1) is 11.9. The zero-order valence-corrected chi connectivity index (χ0v) is 13.2. The molecule has 0 spiro atoms. The monoisotopic (exact) mass is 352 g/mol. The number of aromatic hydroxyl groups is 1. The first kappa shape index (κ1) is 18.4. The molecule has 0 aromatic heterocycles. The summed E-state index contributed by atoms with van der Waals surface area (Å²) in [4.78, 5) is 11.9. The minimum Gasteiger partial charge on any atom is -0.507 e. The second-order valence-electron chi connectivity index (χ2n) is 4.99. The summed E-state index contributed by atoms with van der Waals surface area (Å²) >= 11 is 0. The minimum atomic E-state index is -2.68. The van der Waals surface area contributed by atoms with Gasteiger partial charge in [-0.1, -0.05) is 24.3 Å².